The summed E-state index contributed by atoms with van der Waals surface area (Å²) in [5.41, 5.74) is -7.80. The van der Waals surface area contributed by atoms with E-state index in [0.717, 1.165) is 20.2 Å². The van der Waals surface area contributed by atoms with Gasteiger partial charge in [0.15, 0.2) is 57.5 Å². The zero-order valence-corrected chi connectivity index (χ0v) is 73.2. The van der Waals surface area contributed by atoms with Crippen molar-refractivity contribution in [2.75, 3.05) is 101 Å². The van der Waals surface area contributed by atoms with E-state index < -0.39 is 409 Å². The Hall–Kier alpha value is -17.4. The summed E-state index contributed by atoms with van der Waals surface area (Å²) in [7, 11) is 1.67. The van der Waals surface area contributed by atoms with E-state index in [1.54, 1.807) is 36.4 Å². The quantitative estimate of drug-likeness (QED) is 0.107. The molecule has 5 N–H and O–H groups in total. The first-order valence-electron chi connectivity index (χ1n) is 72.3. The van der Waals surface area contributed by atoms with Gasteiger partial charge in [-0.2, -0.15) is 0 Å². The minimum Gasteiger partial charge on any atom is -0.454 e. The molecule has 10 atom stereocenters. The van der Waals surface area contributed by atoms with Crippen molar-refractivity contribution in [1.29, 1.82) is 0 Å². The van der Waals surface area contributed by atoms with E-state index in [4.69, 9.17) is 115 Å². The van der Waals surface area contributed by atoms with Gasteiger partial charge in [-0.05, 0) is 146 Å². The van der Waals surface area contributed by atoms with Crippen LogP contribution in [0, 0.1) is 0 Å². The predicted molar refractivity (Wildman–Crippen MR) is 523 cm³/mol. The average molecular weight is 2010 g/mol. The number of aromatic amines is 5. The first-order chi connectivity index (χ1) is 93.5. The van der Waals surface area contributed by atoms with Crippen LogP contribution in [0.3, 0.4) is 0 Å². The number of para-hydroxylation sites is 5. The highest BCUT2D eigenvalue weighted by Crippen LogP contribution is 2.53. The number of nitrogens with zero attached hydrogens (tertiary/aromatic N) is 10. The molecule has 15 aromatic rings. The monoisotopic (exact) mass is 2010 g/mol. The summed E-state index contributed by atoms with van der Waals surface area (Å²) in [6.45, 7) is -36.8. The molecule has 15 aliphatic heterocycles. The molecule has 0 spiro atoms. The van der Waals surface area contributed by atoms with Gasteiger partial charge in [0.1, 0.15) is 38.3 Å². The normalized spacial score (nSPS) is 38.6. The van der Waals surface area contributed by atoms with E-state index in [9.17, 15) is 61.7 Å². The molecule has 10 aromatic carbocycles. The van der Waals surface area contributed by atoms with Crippen molar-refractivity contribution in [3.8, 4) is 57.5 Å². The number of carbonyl (C=O) groups excluding carboxylic acids is 10. The highest BCUT2D eigenvalue weighted by molar-refractivity contribution is 6.03. The molecule has 0 bridgehead atoms. The maximum atomic E-state index is 14.0. The number of rotatable bonds is 5. The lowest BCUT2D eigenvalue weighted by molar-refractivity contribution is -0.157. The number of piperazine rings is 5. The highest BCUT2D eigenvalue weighted by atomic mass is 16.7. The molecule has 0 aliphatic carbocycles. The van der Waals surface area contributed by atoms with Gasteiger partial charge in [-0.25, -0.2) is 0 Å². The van der Waals surface area contributed by atoms with E-state index in [-0.39, 0.29) is 148 Å². The van der Waals surface area contributed by atoms with Gasteiger partial charge in [0.05, 0.1) is 109 Å². The predicted octanol–water partition coefficient (Wildman–Crippen LogP) is 11.1. The molecule has 30 rings (SSSR count). The zero-order valence-electron chi connectivity index (χ0n) is 132. The molecule has 730 valence electrons. The summed E-state index contributed by atoms with van der Waals surface area (Å²) in [4.78, 5) is 152. The molecule has 0 radical (unpaired) electrons. The van der Waals surface area contributed by atoms with Crippen LogP contribution in [0.4, 0.5) is 0 Å². The van der Waals surface area contributed by atoms with Crippen molar-refractivity contribution >= 4 is 114 Å². The number of aromatic nitrogens is 5. The van der Waals surface area contributed by atoms with Gasteiger partial charge in [-0.15, -0.1) is 0 Å². The molecule has 35 heteroatoms. The lowest BCUT2D eigenvalue weighted by Gasteiger charge is -2.46. The number of hydrogen-bond donors (Lipinski definition) is 5. The van der Waals surface area contributed by atoms with Gasteiger partial charge in [0.2, 0.25) is 92.9 Å². The smallest absolute Gasteiger partial charge is 0.245 e. The van der Waals surface area contributed by atoms with Crippen LogP contribution in [0.25, 0.3) is 54.5 Å². The fourth-order valence-electron chi connectivity index (χ4n) is 18.0. The minimum atomic E-state index is -3.68. The van der Waals surface area contributed by atoms with Crippen LogP contribution in [0.15, 0.2) is 212 Å². The number of carbonyl (C=O) groups is 10. The van der Waals surface area contributed by atoms with E-state index in [1.165, 1.54) is 84.9 Å². The van der Waals surface area contributed by atoms with Crippen LogP contribution in [0.1, 0.15) is 195 Å². The Morgan fingerprint density at radius 2 is 0.552 bits per heavy atom. The second-order valence-corrected chi connectivity index (χ2v) is 32.5. The summed E-state index contributed by atoms with van der Waals surface area (Å²) >= 11 is 0. The first kappa shape index (κ1) is 45.7. The maximum absolute atomic E-state index is 14.0. The van der Waals surface area contributed by atoms with Gasteiger partial charge in [0.25, 0.3) is 0 Å². The summed E-state index contributed by atoms with van der Waals surface area (Å²) < 4.78 is 555. The van der Waals surface area contributed by atoms with Crippen molar-refractivity contribution in [2.24, 2.45) is 0 Å². The van der Waals surface area contributed by atoms with E-state index in [0.29, 0.717) is 11.3 Å². The van der Waals surface area contributed by atoms with Crippen LogP contribution < -0.4 is 47.4 Å². The van der Waals surface area contributed by atoms with Gasteiger partial charge in [-0.1, -0.05) is 121 Å². The van der Waals surface area contributed by atoms with Gasteiger partial charge >= 0.3 is 0 Å². The standard InChI is InChI=1S/5C22H19N3O4/c5*1-24-10-19(26)25-16(22(24)27)9-14-13-4-2-3-5-15(13)23-20(14)21(25)12-6-7-17-18(8-12)29-11-28-17/h5*2-8,16,21,23H,9-11H2,1H3/t5*16-,21-/m11111/s1/i2D,3D,4D,5D,6D,7D,8D,9D2,10D2,11D2,16D,21D;1D3,2D,3D,4D,5D,9D2,10D2,16D,21D;6D,7D,8D,9D2,10D2,11D2,16D,21D;1D3,9D2,10D2,11D2,16D,21D;1D3,9D2,10D2,16D,21D. The Bertz CT molecular complexity index is 11400. The van der Waals surface area contributed by atoms with Crippen LogP contribution in [-0.2, 0) is 79.8 Å². The third kappa shape index (κ3) is 14.2. The molecule has 5 fully saturated rings. The third-order valence-electron chi connectivity index (χ3n) is 24.4. The van der Waals surface area contributed by atoms with Crippen LogP contribution in [-0.4, -0.2) is 264 Å². The molecule has 5 saturated heterocycles. The lowest BCUT2D eigenvalue weighted by atomic mass is 9.86. The molecule has 10 amide bonds. The summed E-state index contributed by atoms with van der Waals surface area (Å²) in [5, 5.41) is -0.652. The largest absolute Gasteiger partial charge is 0.454 e. The van der Waals surface area contributed by atoms with Gasteiger partial charge < -0.3 is 121 Å². The molecule has 20 heterocycles. The maximum Gasteiger partial charge on any atom is 0.245 e. The fourth-order valence-corrected chi connectivity index (χ4v) is 18.0. The number of benzene rings is 10. The number of nitrogens with one attached hydrogen (secondary N) is 5. The summed E-state index contributed by atoms with van der Waals surface area (Å²) in [6.07, 6.45) is -16.2. The van der Waals surface area contributed by atoms with Crippen molar-refractivity contribution < 1.29 is 176 Å². The van der Waals surface area contributed by atoms with Gasteiger partial charge in [-0.3, -0.25) is 47.9 Å². The fraction of sp³-hybridized carbons (Fsp3) is 0.273. The molecular weight excluding hydrogens is 1850 g/mol. The topological polar surface area (TPSA) is 374 Å². The number of ether oxygens (including phenoxy) is 10. The molecule has 15 aliphatic rings. The van der Waals surface area contributed by atoms with Crippen LogP contribution in [0.2, 0.25) is 0 Å². The van der Waals surface area contributed by atoms with Crippen LogP contribution >= 0.6 is 0 Å². The Kier molecular flexibility index (Phi) is 10.7. The SMILES string of the molecule is [2H]C([2H])([2H])N1C(=O)[C@]2([2H])N(C(=O)C1([2H])[2H])[C@]([2H])(c1ccc3c(c1)OCO3)c1[nH]c3ccccc3c1C2([2H])[2H].[2H]C1([2H])Oc2ccc([C@]3([2H])c4[nH]c5ccccc5c4C([2H])([2H])[C@]4([2H])C(=O)N(C([2H])([2H])[2H])C([2H])([2H])C(=O)N34)cc2O1.[2H]c1c([2H])c([2H])c2c3c([nH]c2c1[2H])[C@@]([2H])(c1ccc2c(c1)OCO2)N1C(=O)C([2H])([2H])N(C([2H])([2H])[2H])C(=O)[C@@]1([2H])C3([2H])[2H].[2H]c1c([2H])c([C@]2([2H])c3[nH]c4c([2H])c([2H])c([2H])c([2H])c4c3C([2H])([2H])[C@]3([2H])C(=O)N(C)C([2H])([2H])C(=O)N23)c([2H])c2c1OC([2H])([2H])O2.[2H]c1c([2H])c([C@]2([2H])c3[nH]c4ccccc4c3C([2H])([2H])[C@]3([2H])C(=O)N(C)C([2H])([2H])C(=O)N23)c([2H])c2c1OC([2H])([2H])O2. The molecule has 0 saturated carbocycles. The Balaban J connectivity index is 0.000000119. The zero-order chi connectivity index (χ0) is 151. The van der Waals surface area contributed by atoms with Crippen molar-refractivity contribution in [1.82, 2.24) is 73.9 Å². The lowest BCUT2D eigenvalue weighted by Crippen LogP contribution is -2.62. The Morgan fingerprint density at radius 3 is 0.903 bits per heavy atom. The first-order valence-corrected chi connectivity index (χ1v) is 42.8. The molecule has 5 aromatic heterocycles. The average Bonchev–Trinajstić information content (AvgIpc) is 1.43. The molecule has 0 unspecified atom stereocenters. The Morgan fingerprint density at radius 1 is 0.283 bits per heavy atom. The molecular formula is C110H95N15O20. The van der Waals surface area contributed by atoms with Crippen molar-refractivity contribution in [3.63, 3.8) is 0 Å². The molecule has 35 nitrogen and oxygen atoms in total. The number of amides is 10. The molecule has 145 heavy (non-hydrogen) atoms. The van der Waals surface area contributed by atoms with Crippen molar-refractivity contribution in [2.45, 2.75) is 92.0 Å². The summed E-state index contributed by atoms with van der Waals surface area (Å²) in [5.74, 6) is -20.2. The van der Waals surface area contributed by atoms with Crippen LogP contribution in [0.5, 0.6) is 57.5 Å². The van der Waals surface area contributed by atoms with Gasteiger partial charge in [0, 0.05) is 176 Å². The van der Waals surface area contributed by atoms with E-state index in [1.807, 2.05) is 0 Å². The minimum absolute atomic E-state index is 0.0241. The van der Waals surface area contributed by atoms with E-state index in [2.05, 4.69) is 24.9 Å². The third-order valence-corrected chi connectivity index (χ3v) is 24.4. The van der Waals surface area contributed by atoms with E-state index >= 15 is 0 Å². The second-order valence-electron chi connectivity index (χ2n) is 32.5. The summed E-state index contributed by atoms with van der Waals surface area (Å²) in [6, 6.07) is -14.3. The number of fused-ring (bicyclic) bond motifs is 25. The second kappa shape index (κ2) is 33.9. The number of H-pyrrole nitrogens is 5. The number of likely N-dealkylation sites (N-methyl/N-ethyl adjacent to an activating group) is 5. The Labute approximate surface area is 909 Å². The van der Waals surface area contributed by atoms with Crippen molar-refractivity contribution in [3.05, 3.63) is 296 Å². The highest BCUT2D eigenvalue weighted by Gasteiger charge is 2.55. The number of hydrogen-bond acceptors (Lipinski definition) is 20.